The summed E-state index contributed by atoms with van der Waals surface area (Å²) in [5.74, 6) is 0.881. The Morgan fingerprint density at radius 1 is 1.11 bits per heavy atom. The molecule has 6 heteroatoms. The van der Waals surface area contributed by atoms with Crippen LogP contribution in [0.25, 0.3) is 0 Å². The van der Waals surface area contributed by atoms with Crippen LogP contribution in [0.4, 0.5) is 10.3 Å². The topological polar surface area (TPSA) is 56.3 Å². The molecule has 5 nitrogen and oxygen atoms in total. The van der Waals surface area contributed by atoms with E-state index in [0.29, 0.717) is 24.3 Å². The largest absolute Gasteiger partial charge is 0.481 e. The van der Waals surface area contributed by atoms with Gasteiger partial charge in [-0.2, -0.15) is 9.97 Å². The van der Waals surface area contributed by atoms with Gasteiger partial charge < -0.3 is 14.8 Å². The Morgan fingerprint density at radius 3 is 2.37 bits per heavy atom. The van der Waals surface area contributed by atoms with Crippen molar-refractivity contribution in [1.82, 2.24) is 9.97 Å². The molecule has 0 amide bonds. The number of rotatable bonds is 5. The van der Waals surface area contributed by atoms with Crippen molar-refractivity contribution in [3.63, 3.8) is 0 Å². The minimum Gasteiger partial charge on any atom is -0.481 e. The van der Waals surface area contributed by atoms with Gasteiger partial charge in [0, 0.05) is 6.54 Å². The molecule has 0 saturated carbocycles. The van der Waals surface area contributed by atoms with Crippen molar-refractivity contribution in [3.05, 3.63) is 41.7 Å². The third-order valence-electron chi connectivity index (χ3n) is 2.44. The Bertz CT molecular complexity index is 541. The summed E-state index contributed by atoms with van der Waals surface area (Å²) in [7, 11) is 3.02. The zero-order valence-corrected chi connectivity index (χ0v) is 10.7. The fraction of sp³-hybridized carbons (Fsp3) is 0.231. The summed E-state index contributed by atoms with van der Waals surface area (Å²) < 4.78 is 23.1. The number of nitrogens with zero attached hydrogens (tertiary/aromatic N) is 2. The molecule has 0 atom stereocenters. The number of nitrogens with one attached hydrogen (secondary N) is 1. The second-order valence-corrected chi connectivity index (χ2v) is 3.76. The highest BCUT2D eigenvalue weighted by Gasteiger charge is 2.05. The molecular formula is C13H14FN3O2. The molecule has 0 bridgehead atoms. The Balaban J connectivity index is 2.10. The highest BCUT2D eigenvalue weighted by Crippen LogP contribution is 2.17. The maximum absolute atomic E-state index is 13.0. The molecule has 19 heavy (non-hydrogen) atoms. The maximum atomic E-state index is 13.0. The summed E-state index contributed by atoms with van der Waals surface area (Å²) >= 11 is 0. The number of halogens is 1. The second kappa shape index (κ2) is 5.99. The minimum absolute atomic E-state index is 0.275. The summed E-state index contributed by atoms with van der Waals surface area (Å²) in [5, 5.41) is 2.99. The van der Waals surface area contributed by atoms with Gasteiger partial charge in [0.15, 0.2) is 0 Å². The van der Waals surface area contributed by atoms with E-state index in [1.807, 2.05) is 6.07 Å². The van der Waals surface area contributed by atoms with Crippen molar-refractivity contribution < 1.29 is 13.9 Å². The third-order valence-corrected chi connectivity index (χ3v) is 2.44. The quantitative estimate of drug-likeness (QED) is 0.896. The van der Waals surface area contributed by atoms with Crippen LogP contribution >= 0.6 is 0 Å². The Hall–Kier alpha value is -2.37. The summed E-state index contributed by atoms with van der Waals surface area (Å²) in [6, 6.07) is 7.89. The molecule has 0 spiro atoms. The average molecular weight is 263 g/mol. The number of anilines is 1. The van der Waals surface area contributed by atoms with Crippen molar-refractivity contribution in [2.45, 2.75) is 6.54 Å². The standard InChI is InChI=1S/C13H14FN3O2/c1-18-11-7-12(19-2)17-13(16-11)15-8-9-4-3-5-10(14)6-9/h3-7H,8H2,1-2H3,(H,15,16,17). The molecule has 0 unspecified atom stereocenters. The molecule has 0 radical (unpaired) electrons. The van der Waals surface area contributed by atoms with Gasteiger partial charge in [0.25, 0.3) is 0 Å². The molecule has 1 aromatic carbocycles. The van der Waals surface area contributed by atoms with E-state index in [9.17, 15) is 4.39 Å². The smallest absolute Gasteiger partial charge is 0.229 e. The van der Waals surface area contributed by atoms with Gasteiger partial charge in [0.05, 0.1) is 20.3 Å². The molecule has 100 valence electrons. The van der Waals surface area contributed by atoms with Gasteiger partial charge in [-0.3, -0.25) is 0 Å². The van der Waals surface area contributed by atoms with Crippen molar-refractivity contribution >= 4 is 5.95 Å². The van der Waals surface area contributed by atoms with Gasteiger partial charge in [-0.05, 0) is 17.7 Å². The van der Waals surface area contributed by atoms with E-state index in [4.69, 9.17) is 9.47 Å². The average Bonchev–Trinajstić information content (AvgIpc) is 2.44. The molecule has 0 aliphatic heterocycles. The number of aromatic nitrogens is 2. The van der Waals surface area contributed by atoms with E-state index in [2.05, 4.69) is 15.3 Å². The molecule has 2 aromatic rings. The van der Waals surface area contributed by atoms with E-state index in [0.717, 1.165) is 5.56 Å². The summed E-state index contributed by atoms with van der Waals surface area (Å²) in [4.78, 5) is 8.24. The molecule has 0 fully saturated rings. The first-order valence-corrected chi connectivity index (χ1v) is 5.66. The number of ether oxygens (including phenoxy) is 2. The fourth-order valence-corrected chi connectivity index (χ4v) is 1.52. The number of hydrogen-bond donors (Lipinski definition) is 1. The van der Waals surface area contributed by atoms with E-state index >= 15 is 0 Å². The van der Waals surface area contributed by atoms with E-state index in [1.165, 1.54) is 26.4 Å². The van der Waals surface area contributed by atoms with Gasteiger partial charge in [-0.1, -0.05) is 12.1 Å². The van der Waals surface area contributed by atoms with Gasteiger partial charge in [0.2, 0.25) is 17.7 Å². The van der Waals surface area contributed by atoms with Crippen molar-refractivity contribution in [1.29, 1.82) is 0 Å². The van der Waals surface area contributed by atoms with Crippen molar-refractivity contribution in [3.8, 4) is 11.8 Å². The normalized spacial score (nSPS) is 10.1. The molecular weight excluding hydrogens is 249 g/mol. The Labute approximate surface area is 110 Å². The first kappa shape index (κ1) is 13.1. The third kappa shape index (κ3) is 3.54. The van der Waals surface area contributed by atoms with E-state index < -0.39 is 0 Å². The molecule has 0 aliphatic rings. The lowest BCUT2D eigenvalue weighted by Crippen LogP contribution is -2.05. The van der Waals surface area contributed by atoms with Crippen molar-refractivity contribution in [2.75, 3.05) is 19.5 Å². The van der Waals surface area contributed by atoms with Crippen LogP contribution in [0.2, 0.25) is 0 Å². The zero-order valence-electron chi connectivity index (χ0n) is 10.7. The zero-order chi connectivity index (χ0) is 13.7. The molecule has 0 saturated heterocycles. The van der Waals surface area contributed by atoms with Crippen LogP contribution in [0, 0.1) is 5.82 Å². The van der Waals surface area contributed by atoms with Gasteiger partial charge in [-0.15, -0.1) is 0 Å². The maximum Gasteiger partial charge on any atom is 0.229 e. The van der Waals surface area contributed by atoms with Crippen LogP contribution < -0.4 is 14.8 Å². The van der Waals surface area contributed by atoms with Gasteiger partial charge in [-0.25, -0.2) is 4.39 Å². The van der Waals surface area contributed by atoms with Crippen LogP contribution in [-0.2, 0) is 6.54 Å². The van der Waals surface area contributed by atoms with Crippen LogP contribution in [-0.4, -0.2) is 24.2 Å². The minimum atomic E-state index is -0.275. The molecule has 0 aliphatic carbocycles. The van der Waals surface area contributed by atoms with Gasteiger partial charge in [0.1, 0.15) is 5.82 Å². The first-order chi connectivity index (χ1) is 9.21. The predicted molar refractivity (Wildman–Crippen MR) is 68.9 cm³/mol. The fourth-order valence-electron chi connectivity index (χ4n) is 1.52. The van der Waals surface area contributed by atoms with Crippen LogP contribution in [0.1, 0.15) is 5.56 Å². The first-order valence-electron chi connectivity index (χ1n) is 5.66. The number of benzene rings is 1. The molecule has 2 rings (SSSR count). The lowest BCUT2D eigenvalue weighted by Gasteiger charge is -2.08. The van der Waals surface area contributed by atoms with Crippen LogP contribution in [0.3, 0.4) is 0 Å². The van der Waals surface area contributed by atoms with Crippen LogP contribution in [0.15, 0.2) is 30.3 Å². The molecule has 1 aromatic heterocycles. The lowest BCUT2D eigenvalue weighted by atomic mass is 10.2. The second-order valence-electron chi connectivity index (χ2n) is 3.76. The van der Waals surface area contributed by atoms with Crippen molar-refractivity contribution in [2.24, 2.45) is 0 Å². The van der Waals surface area contributed by atoms with Gasteiger partial charge >= 0.3 is 0 Å². The summed E-state index contributed by atoms with van der Waals surface area (Å²) in [5.41, 5.74) is 0.797. The van der Waals surface area contributed by atoms with Crippen LogP contribution in [0.5, 0.6) is 11.8 Å². The Morgan fingerprint density at radius 2 is 1.79 bits per heavy atom. The molecule has 1 heterocycles. The van der Waals surface area contributed by atoms with E-state index in [1.54, 1.807) is 12.1 Å². The SMILES string of the molecule is COc1cc(OC)nc(NCc2cccc(F)c2)n1. The lowest BCUT2D eigenvalue weighted by molar-refractivity contribution is 0.373. The summed E-state index contributed by atoms with van der Waals surface area (Å²) in [6.45, 7) is 0.411. The molecule has 1 N–H and O–H groups in total. The number of hydrogen-bond acceptors (Lipinski definition) is 5. The number of methoxy groups -OCH3 is 2. The Kier molecular flexibility index (Phi) is 4.12. The monoisotopic (exact) mass is 263 g/mol. The highest BCUT2D eigenvalue weighted by molar-refractivity contribution is 5.34. The summed E-state index contributed by atoms with van der Waals surface area (Å²) in [6.07, 6.45) is 0. The highest BCUT2D eigenvalue weighted by atomic mass is 19.1. The predicted octanol–water partition coefficient (Wildman–Crippen LogP) is 2.25. The van der Waals surface area contributed by atoms with E-state index in [-0.39, 0.29) is 5.82 Å².